The fourth-order valence-electron chi connectivity index (χ4n) is 1.41. The molecule has 84 valence electrons. The largest absolute Gasteiger partial charge is 0.390 e. The number of carbonyl (C=O) groups excluding carboxylic acids is 1. The van der Waals surface area contributed by atoms with Gasteiger partial charge in [0.05, 0.1) is 12.2 Å². The van der Waals surface area contributed by atoms with Gasteiger partial charge in [-0.15, -0.1) is 0 Å². The molecule has 0 heterocycles. The maximum atomic E-state index is 10.1. The summed E-state index contributed by atoms with van der Waals surface area (Å²) in [6.45, 7) is 2.16. The third-order valence-corrected chi connectivity index (χ3v) is 2.39. The topological polar surface area (TPSA) is 57.5 Å². The van der Waals surface area contributed by atoms with Crippen molar-refractivity contribution in [1.29, 1.82) is 0 Å². The number of rotatable bonds is 9. The van der Waals surface area contributed by atoms with Gasteiger partial charge >= 0.3 is 0 Å². The number of hydrogen-bond acceptors (Lipinski definition) is 3. The molecule has 0 rings (SSSR count). The Morgan fingerprint density at radius 1 is 1.07 bits per heavy atom. The Morgan fingerprint density at radius 3 is 2.29 bits per heavy atom. The molecule has 0 radical (unpaired) electrons. The average Bonchev–Trinajstić information content (AvgIpc) is 2.17. The molecule has 14 heavy (non-hydrogen) atoms. The smallest absolute Gasteiger partial charge is 0.122 e. The molecule has 0 spiro atoms. The van der Waals surface area contributed by atoms with E-state index in [2.05, 4.69) is 6.92 Å². The summed E-state index contributed by atoms with van der Waals surface area (Å²) >= 11 is 0. The van der Waals surface area contributed by atoms with Crippen molar-refractivity contribution in [3.63, 3.8) is 0 Å². The van der Waals surface area contributed by atoms with Crippen molar-refractivity contribution >= 4 is 6.29 Å². The summed E-state index contributed by atoms with van der Waals surface area (Å²) in [5, 5.41) is 18.6. The highest BCUT2D eigenvalue weighted by atomic mass is 16.3. The van der Waals surface area contributed by atoms with Crippen molar-refractivity contribution in [3.05, 3.63) is 0 Å². The van der Waals surface area contributed by atoms with Crippen molar-refractivity contribution in [2.24, 2.45) is 0 Å². The van der Waals surface area contributed by atoms with Gasteiger partial charge < -0.3 is 15.0 Å². The molecular weight excluding hydrogens is 180 g/mol. The second kappa shape index (κ2) is 9.16. The molecule has 2 atom stereocenters. The zero-order valence-corrected chi connectivity index (χ0v) is 8.98. The van der Waals surface area contributed by atoms with Crippen LogP contribution in [0.15, 0.2) is 0 Å². The highest BCUT2D eigenvalue weighted by Gasteiger charge is 2.14. The van der Waals surface area contributed by atoms with Gasteiger partial charge in [-0.05, 0) is 6.42 Å². The Bertz CT molecular complexity index is 136. The summed E-state index contributed by atoms with van der Waals surface area (Å²) in [4.78, 5) is 10.1. The van der Waals surface area contributed by atoms with E-state index in [1.165, 1.54) is 19.3 Å². The van der Waals surface area contributed by atoms with Crippen molar-refractivity contribution < 1.29 is 15.0 Å². The van der Waals surface area contributed by atoms with Gasteiger partial charge in [-0.2, -0.15) is 0 Å². The minimum absolute atomic E-state index is 0.0378. The number of hydrogen-bond donors (Lipinski definition) is 2. The van der Waals surface area contributed by atoms with Crippen molar-refractivity contribution in [3.8, 4) is 0 Å². The van der Waals surface area contributed by atoms with Crippen molar-refractivity contribution in [2.45, 2.75) is 64.1 Å². The Hall–Kier alpha value is -0.410. The molecule has 0 saturated heterocycles. The minimum Gasteiger partial charge on any atom is -0.390 e. The van der Waals surface area contributed by atoms with E-state index in [1.807, 2.05) is 0 Å². The highest BCUT2D eigenvalue weighted by molar-refractivity contribution is 5.50. The highest BCUT2D eigenvalue weighted by Crippen LogP contribution is 2.10. The predicted molar refractivity (Wildman–Crippen MR) is 56.1 cm³/mol. The molecule has 0 aliphatic rings. The van der Waals surface area contributed by atoms with E-state index in [0.717, 1.165) is 12.8 Å². The van der Waals surface area contributed by atoms with E-state index in [-0.39, 0.29) is 6.42 Å². The molecular formula is C11H22O3. The van der Waals surface area contributed by atoms with Crippen LogP contribution >= 0.6 is 0 Å². The summed E-state index contributed by atoms with van der Waals surface area (Å²) < 4.78 is 0. The van der Waals surface area contributed by atoms with Gasteiger partial charge in [0.15, 0.2) is 0 Å². The Balaban J connectivity index is 3.33. The first kappa shape index (κ1) is 13.6. The monoisotopic (exact) mass is 202 g/mol. The number of aldehydes is 1. The maximum Gasteiger partial charge on any atom is 0.122 e. The maximum absolute atomic E-state index is 10.1. The van der Waals surface area contributed by atoms with Crippen LogP contribution in [0, 0.1) is 0 Å². The van der Waals surface area contributed by atoms with E-state index in [9.17, 15) is 15.0 Å². The lowest BCUT2D eigenvalue weighted by molar-refractivity contribution is -0.111. The van der Waals surface area contributed by atoms with E-state index in [0.29, 0.717) is 12.7 Å². The first-order valence-electron chi connectivity index (χ1n) is 5.52. The second-order valence-electron chi connectivity index (χ2n) is 3.74. The van der Waals surface area contributed by atoms with Crippen LogP contribution in [0.2, 0.25) is 0 Å². The molecule has 0 fully saturated rings. The molecule has 0 aromatic carbocycles. The third-order valence-electron chi connectivity index (χ3n) is 2.39. The lowest BCUT2D eigenvalue weighted by Gasteiger charge is -2.14. The molecule has 2 N–H and O–H groups in total. The number of unbranched alkanes of at least 4 members (excludes halogenated alkanes) is 4. The summed E-state index contributed by atoms with van der Waals surface area (Å²) in [5.74, 6) is 0. The fraction of sp³-hybridized carbons (Fsp3) is 0.909. The predicted octanol–water partition coefficient (Wildman–Crippen LogP) is 1.66. The molecule has 0 amide bonds. The van der Waals surface area contributed by atoms with Crippen LogP contribution in [0.5, 0.6) is 0 Å². The van der Waals surface area contributed by atoms with Crippen LogP contribution in [-0.2, 0) is 4.79 Å². The van der Waals surface area contributed by atoms with Crippen LogP contribution in [0.4, 0.5) is 0 Å². The first-order valence-corrected chi connectivity index (χ1v) is 5.52. The minimum atomic E-state index is -0.876. The summed E-state index contributed by atoms with van der Waals surface area (Å²) in [5.41, 5.74) is 0. The molecule has 2 unspecified atom stereocenters. The third kappa shape index (κ3) is 7.04. The van der Waals surface area contributed by atoms with Gasteiger partial charge in [0.2, 0.25) is 0 Å². The molecule has 0 aromatic rings. The van der Waals surface area contributed by atoms with E-state index < -0.39 is 12.2 Å². The van der Waals surface area contributed by atoms with Gasteiger partial charge in [0, 0.05) is 6.42 Å². The zero-order chi connectivity index (χ0) is 10.8. The molecule has 3 nitrogen and oxygen atoms in total. The fourth-order valence-corrected chi connectivity index (χ4v) is 1.41. The Morgan fingerprint density at radius 2 is 1.71 bits per heavy atom. The normalized spacial score (nSPS) is 15.1. The van der Waals surface area contributed by atoms with Gasteiger partial charge in [0.25, 0.3) is 0 Å². The number of aliphatic hydroxyl groups is 2. The zero-order valence-electron chi connectivity index (χ0n) is 8.98. The second-order valence-corrected chi connectivity index (χ2v) is 3.74. The Labute approximate surface area is 86.1 Å². The standard InChI is InChI=1S/C11H22O3/c1-2-3-4-5-6-7-10(13)11(14)8-9-12/h9-11,13-14H,2-8H2,1H3. The number of aliphatic hydroxyl groups excluding tert-OH is 2. The molecule has 3 heteroatoms. The summed E-state index contributed by atoms with van der Waals surface area (Å²) in [7, 11) is 0. The van der Waals surface area contributed by atoms with Crippen LogP contribution in [-0.4, -0.2) is 28.7 Å². The summed E-state index contributed by atoms with van der Waals surface area (Å²) in [6.07, 6.45) is 5.31. The van der Waals surface area contributed by atoms with Crippen molar-refractivity contribution in [1.82, 2.24) is 0 Å². The average molecular weight is 202 g/mol. The molecule has 0 aromatic heterocycles. The van der Waals surface area contributed by atoms with Gasteiger partial charge in [0.1, 0.15) is 6.29 Å². The molecule has 0 aliphatic carbocycles. The van der Waals surface area contributed by atoms with Gasteiger partial charge in [-0.25, -0.2) is 0 Å². The number of carbonyl (C=O) groups is 1. The van der Waals surface area contributed by atoms with E-state index >= 15 is 0 Å². The van der Waals surface area contributed by atoms with Crippen LogP contribution < -0.4 is 0 Å². The first-order chi connectivity index (χ1) is 6.72. The van der Waals surface area contributed by atoms with Crippen LogP contribution in [0.25, 0.3) is 0 Å². The summed E-state index contributed by atoms with van der Waals surface area (Å²) in [6, 6.07) is 0. The quantitative estimate of drug-likeness (QED) is 0.441. The van der Waals surface area contributed by atoms with Crippen LogP contribution in [0.1, 0.15) is 51.9 Å². The lowest BCUT2D eigenvalue weighted by atomic mass is 10.0. The van der Waals surface area contributed by atoms with Crippen LogP contribution in [0.3, 0.4) is 0 Å². The Kier molecular flexibility index (Phi) is 8.89. The van der Waals surface area contributed by atoms with Gasteiger partial charge in [-0.1, -0.05) is 39.0 Å². The lowest BCUT2D eigenvalue weighted by Crippen LogP contribution is -2.25. The molecule has 0 aliphatic heterocycles. The molecule has 0 bridgehead atoms. The van der Waals surface area contributed by atoms with Gasteiger partial charge in [-0.3, -0.25) is 0 Å². The SMILES string of the molecule is CCCCCCCC(O)C(O)CC=O. The van der Waals surface area contributed by atoms with E-state index in [4.69, 9.17) is 0 Å². The van der Waals surface area contributed by atoms with Crippen molar-refractivity contribution in [2.75, 3.05) is 0 Å². The molecule has 0 saturated carbocycles. The van der Waals surface area contributed by atoms with E-state index in [1.54, 1.807) is 0 Å².